The van der Waals surface area contributed by atoms with Crippen molar-refractivity contribution in [2.75, 3.05) is 0 Å². The van der Waals surface area contributed by atoms with Gasteiger partial charge in [0.05, 0.1) is 6.10 Å². The number of fused-ring (bicyclic) bond motifs is 1. The van der Waals surface area contributed by atoms with Crippen molar-refractivity contribution in [1.82, 2.24) is 0 Å². The molecule has 2 aromatic rings. The van der Waals surface area contributed by atoms with Gasteiger partial charge in [-0.05, 0) is 29.3 Å². The van der Waals surface area contributed by atoms with Gasteiger partial charge < -0.3 is 5.11 Å². The molecule has 0 aliphatic heterocycles. The lowest BCUT2D eigenvalue weighted by atomic mass is 10.0. The fourth-order valence-electron chi connectivity index (χ4n) is 1.81. The molecule has 0 bridgehead atoms. The second kappa shape index (κ2) is 4.45. The summed E-state index contributed by atoms with van der Waals surface area (Å²) in [6.45, 7) is 1.49. The molecule has 0 aliphatic rings. The van der Waals surface area contributed by atoms with Crippen LogP contribution >= 0.6 is 0 Å². The van der Waals surface area contributed by atoms with Crippen LogP contribution in [-0.2, 0) is 4.79 Å². The van der Waals surface area contributed by atoms with Crippen LogP contribution in [-0.4, -0.2) is 10.9 Å². The normalized spacial score (nSPS) is 12.6. The summed E-state index contributed by atoms with van der Waals surface area (Å²) in [5, 5.41) is 12.1. The fraction of sp³-hybridized carbons (Fsp3) is 0.214. The predicted octanol–water partition coefficient (Wildman–Crippen LogP) is 2.85. The number of aliphatic hydroxyl groups excluding tert-OH is 1. The first-order valence-corrected chi connectivity index (χ1v) is 5.33. The standard InChI is InChI=1S/C14H14O2/c1-10(15)8-14(16)13-7-6-11-4-2-3-5-12(11)9-13/h2-7,9,14,16H,8H2,1H3/t14-/m0/s1. The van der Waals surface area contributed by atoms with Crippen molar-refractivity contribution in [2.24, 2.45) is 0 Å². The Labute approximate surface area is 94.5 Å². The zero-order chi connectivity index (χ0) is 11.5. The number of hydrogen-bond acceptors (Lipinski definition) is 2. The van der Waals surface area contributed by atoms with Crippen molar-refractivity contribution in [3.05, 3.63) is 48.0 Å². The van der Waals surface area contributed by atoms with E-state index in [4.69, 9.17) is 0 Å². The Morgan fingerprint density at radius 1 is 1.19 bits per heavy atom. The lowest BCUT2D eigenvalue weighted by Crippen LogP contribution is -2.02. The summed E-state index contributed by atoms with van der Waals surface area (Å²) in [7, 11) is 0. The summed E-state index contributed by atoms with van der Waals surface area (Å²) in [5.41, 5.74) is 0.800. The molecule has 2 heteroatoms. The molecule has 16 heavy (non-hydrogen) atoms. The SMILES string of the molecule is CC(=O)C[C@H](O)c1ccc2ccccc2c1. The van der Waals surface area contributed by atoms with Crippen LogP contribution in [0.15, 0.2) is 42.5 Å². The Kier molecular flexibility index (Phi) is 3.02. The van der Waals surface area contributed by atoms with E-state index in [9.17, 15) is 9.90 Å². The number of rotatable bonds is 3. The van der Waals surface area contributed by atoms with Crippen LogP contribution in [0.3, 0.4) is 0 Å². The average molecular weight is 214 g/mol. The topological polar surface area (TPSA) is 37.3 Å². The predicted molar refractivity (Wildman–Crippen MR) is 64.2 cm³/mol. The fourth-order valence-corrected chi connectivity index (χ4v) is 1.81. The van der Waals surface area contributed by atoms with Gasteiger partial charge in [-0.1, -0.05) is 36.4 Å². The van der Waals surface area contributed by atoms with E-state index >= 15 is 0 Å². The van der Waals surface area contributed by atoms with Crippen LogP contribution in [0.4, 0.5) is 0 Å². The Balaban J connectivity index is 2.35. The van der Waals surface area contributed by atoms with Gasteiger partial charge in [0.25, 0.3) is 0 Å². The first-order chi connectivity index (χ1) is 7.66. The van der Waals surface area contributed by atoms with Crippen LogP contribution in [0, 0.1) is 0 Å². The molecular formula is C14H14O2. The smallest absolute Gasteiger partial charge is 0.132 e. The van der Waals surface area contributed by atoms with Crippen molar-refractivity contribution in [2.45, 2.75) is 19.4 Å². The van der Waals surface area contributed by atoms with E-state index < -0.39 is 6.10 Å². The van der Waals surface area contributed by atoms with Gasteiger partial charge in [0, 0.05) is 6.42 Å². The Morgan fingerprint density at radius 2 is 1.88 bits per heavy atom. The van der Waals surface area contributed by atoms with Crippen molar-refractivity contribution < 1.29 is 9.90 Å². The molecule has 0 radical (unpaired) electrons. The third-order valence-electron chi connectivity index (χ3n) is 2.64. The number of hydrogen-bond donors (Lipinski definition) is 1. The van der Waals surface area contributed by atoms with Gasteiger partial charge >= 0.3 is 0 Å². The van der Waals surface area contributed by atoms with Crippen LogP contribution in [0.5, 0.6) is 0 Å². The lowest BCUT2D eigenvalue weighted by Gasteiger charge is -2.09. The van der Waals surface area contributed by atoms with Crippen LogP contribution in [0.1, 0.15) is 25.0 Å². The molecule has 0 unspecified atom stereocenters. The molecule has 0 saturated carbocycles. The molecule has 2 aromatic carbocycles. The van der Waals surface area contributed by atoms with E-state index in [2.05, 4.69) is 0 Å². The average Bonchev–Trinajstić information content (AvgIpc) is 2.27. The van der Waals surface area contributed by atoms with Crippen molar-refractivity contribution in [3.8, 4) is 0 Å². The van der Waals surface area contributed by atoms with E-state index in [1.807, 2.05) is 42.5 Å². The zero-order valence-corrected chi connectivity index (χ0v) is 9.18. The van der Waals surface area contributed by atoms with E-state index in [1.54, 1.807) is 0 Å². The second-order valence-corrected chi connectivity index (χ2v) is 4.03. The molecule has 0 spiro atoms. The summed E-state index contributed by atoms with van der Waals surface area (Å²) >= 11 is 0. The van der Waals surface area contributed by atoms with Gasteiger partial charge in [0.15, 0.2) is 0 Å². The number of carbonyl (C=O) groups excluding carboxylic acids is 1. The maximum Gasteiger partial charge on any atom is 0.132 e. The van der Waals surface area contributed by atoms with Gasteiger partial charge in [0.1, 0.15) is 5.78 Å². The first kappa shape index (κ1) is 10.8. The minimum atomic E-state index is -0.692. The van der Waals surface area contributed by atoms with Crippen LogP contribution in [0.25, 0.3) is 10.8 Å². The highest BCUT2D eigenvalue weighted by molar-refractivity contribution is 5.83. The van der Waals surface area contributed by atoms with Gasteiger partial charge in [0.2, 0.25) is 0 Å². The third kappa shape index (κ3) is 2.28. The van der Waals surface area contributed by atoms with Crippen molar-refractivity contribution in [3.63, 3.8) is 0 Å². The minimum Gasteiger partial charge on any atom is -0.388 e. The maximum absolute atomic E-state index is 10.9. The van der Waals surface area contributed by atoms with Crippen molar-refractivity contribution >= 4 is 16.6 Å². The Bertz CT molecular complexity index is 517. The monoisotopic (exact) mass is 214 g/mol. The highest BCUT2D eigenvalue weighted by atomic mass is 16.3. The highest BCUT2D eigenvalue weighted by Crippen LogP contribution is 2.22. The maximum atomic E-state index is 10.9. The van der Waals surface area contributed by atoms with E-state index in [0.717, 1.165) is 16.3 Å². The first-order valence-electron chi connectivity index (χ1n) is 5.33. The van der Waals surface area contributed by atoms with Crippen molar-refractivity contribution in [1.29, 1.82) is 0 Å². The summed E-state index contributed by atoms with van der Waals surface area (Å²) in [6.07, 6.45) is -0.514. The second-order valence-electron chi connectivity index (χ2n) is 4.03. The molecule has 82 valence electrons. The molecular weight excluding hydrogens is 200 g/mol. The van der Waals surface area contributed by atoms with Gasteiger partial charge in [-0.25, -0.2) is 0 Å². The van der Waals surface area contributed by atoms with Crippen LogP contribution < -0.4 is 0 Å². The largest absolute Gasteiger partial charge is 0.388 e. The molecule has 0 aromatic heterocycles. The number of carbonyl (C=O) groups is 1. The number of Topliss-reactive ketones (excluding diaryl/α,β-unsaturated/α-hetero) is 1. The Morgan fingerprint density at radius 3 is 2.56 bits per heavy atom. The molecule has 1 atom stereocenters. The van der Waals surface area contributed by atoms with E-state index in [-0.39, 0.29) is 12.2 Å². The van der Waals surface area contributed by atoms with E-state index in [0.29, 0.717) is 0 Å². The number of aliphatic hydroxyl groups is 1. The summed E-state index contributed by atoms with van der Waals surface area (Å²) in [6, 6.07) is 13.7. The van der Waals surface area contributed by atoms with E-state index in [1.165, 1.54) is 6.92 Å². The van der Waals surface area contributed by atoms with Crippen LogP contribution in [0.2, 0.25) is 0 Å². The molecule has 0 amide bonds. The summed E-state index contributed by atoms with van der Waals surface area (Å²) in [5.74, 6) is 0.000610. The number of benzene rings is 2. The molecule has 1 N–H and O–H groups in total. The molecule has 0 saturated heterocycles. The minimum absolute atomic E-state index is 0.000610. The number of ketones is 1. The molecule has 0 fully saturated rings. The molecule has 0 aliphatic carbocycles. The lowest BCUT2D eigenvalue weighted by molar-refractivity contribution is -0.118. The van der Waals surface area contributed by atoms with Gasteiger partial charge in [-0.2, -0.15) is 0 Å². The molecule has 0 heterocycles. The van der Waals surface area contributed by atoms with Gasteiger partial charge in [-0.15, -0.1) is 0 Å². The zero-order valence-electron chi connectivity index (χ0n) is 9.18. The Hall–Kier alpha value is -1.67. The van der Waals surface area contributed by atoms with Gasteiger partial charge in [-0.3, -0.25) is 4.79 Å². The summed E-state index contributed by atoms with van der Waals surface area (Å²) < 4.78 is 0. The third-order valence-corrected chi connectivity index (χ3v) is 2.64. The highest BCUT2D eigenvalue weighted by Gasteiger charge is 2.10. The quantitative estimate of drug-likeness (QED) is 0.853. The molecule has 2 rings (SSSR count). The molecule has 2 nitrogen and oxygen atoms in total. The summed E-state index contributed by atoms with van der Waals surface area (Å²) in [4.78, 5) is 10.9.